The van der Waals surface area contributed by atoms with Gasteiger partial charge in [-0.3, -0.25) is 19.6 Å². The van der Waals surface area contributed by atoms with Crippen LogP contribution in [0.25, 0.3) is 0 Å². The van der Waals surface area contributed by atoms with Crippen LogP contribution in [-0.2, 0) is 11.3 Å². The summed E-state index contributed by atoms with van der Waals surface area (Å²) in [5.74, 6) is -0.529. The Hall–Kier alpha value is -2.67. The first-order valence-electron chi connectivity index (χ1n) is 7.93. The van der Waals surface area contributed by atoms with Crippen LogP contribution >= 0.6 is 0 Å². The average Bonchev–Trinajstić information content (AvgIpc) is 3.01. The maximum absolute atomic E-state index is 12.6. The van der Waals surface area contributed by atoms with Crippen LogP contribution < -0.4 is 5.73 Å². The highest BCUT2D eigenvalue weighted by Gasteiger charge is 2.33. The molecule has 24 heavy (non-hydrogen) atoms. The number of hydrogen-bond donors (Lipinski definition) is 2. The number of hydrogen-bond acceptors (Lipinski definition) is 4. The van der Waals surface area contributed by atoms with E-state index >= 15 is 0 Å². The Bertz CT molecular complexity index is 728. The Kier molecular flexibility index (Phi) is 4.61. The first-order chi connectivity index (χ1) is 11.6. The van der Waals surface area contributed by atoms with Gasteiger partial charge in [0.1, 0.15) is 6.04 Å². The minimum absolute atomic E-state index is 0.119. The van der Waals surface area contributed by atoms with E-state index in [1.54, 1.807) is 11.8 Å². The molecule has 2 amide bonds. The number of aromatic nitrogens is 2. The molecule has 0 aliphatic carbocycles. The van der Waals surface area contributed by atoms with Crippen molar-refractivity contribution < 1.29 is 9.59 Å². The molecule has 0 spiro atoms. The molecule has 1 atom stereocenters. The number of carbonyl (C=O) groups is 2. The lowest BCUT2D eigenvalue weighted by Gasteiger charge is -2.39. The number of nitrogens with zero attached hydrogens (tertiary/aromatic N) is 3. The van der Waals surface area contributed by atoms with Gasteiger partial charge in [-0.15, -0.1) is 0 Å². The Morgan fingerprint density at radius 1 is 1.29 bits per heavy atom. The topological polar surface area (TPSA) is 95.3 Å². The second-order valence-electron chi connectivity index (χ2n) is 6.03. The van der Waals surface area contributed by atoms with Crippen LogP contribution in [0, 0.1) is 6.92 Å². The Labute approximate surface area is 140 Å². The minimum Gasteiger partial charge on any atom is -0.368 e. The molecule has 0 unspecified atom stereocenters. The molecule has 7 heteroatoms. The first-order valence-corrected chi connectivity index (χ1v) is 7.93. The molecule has 2 heterocycles. The van der Waals surface area contributed by atoms with Crippen LogP contribution in [0.2, 0.25) is 0 Å². The highest BCUT2D eigenvalue weighted by Crippen LogP contribution is 2.17. The zero-order valence-electron chi connectivity index (χ0n) is 13.6. The fourth-order valence-electron chi connectivity index (χ4n) is 3.02. The molecule has 0 bridgehead atoms. The van der Waals surface area contributed by atoms with Crippen molar-refractivity contribution >= 4 is 11.8 Å². The summed E-state index contributed by atoms with van der Waals surface area (Å²) in [6, 6.07) is 9.44. The van der Waals surface area contributed by atoms with Crippen LogP contribution in [-0.4, -0.2) is 57.5 Å². The first kappa shape index (κ1) is 16.2. The zero-order chi connectivity index (χ0) is 17.1. The summed E-state index contributed by atoms with van der Waals surface area (Å²) in [6.45, 7) is 3.90. The fraction of sp³-hybridized carbons (Fsp3) is 0.353. The van der Waals surface area contributed by atoms with Gasteiger partial charge in [0.15, 0.2) is 0 Å². The van der Waals surface area contributed by atoms with E-state index in [-0.39, 0.29) is 5.91 Å². The van der Waals surface area contributed by atoms with E-state index in [9.17, 15) is 9.59 Å². The molecule has 126 valence electrons. The van der Waals surface area contributed by atoms with Gasteiger partial charge in [0.25, 0.3) is 5.91 Å². The highest BCUT2D eigenvalue weighted by molar-refractivity contribution is 5.95. The number of H-pyrrole nitrogens is 1. The van der Waals surface area contributed by atoms with E-state index < -0.39 is 11.9 Å². The van der Waals surface area contributed by atoms with E-state index in [1.165, 1.54) is 6.20 Å². The van der Waals surface area contributed by atoms with Gasteiger partial charge >= 0.3 is 0 Å². The van der Waals surface area contributed by atoms with Crippen molar-refractivity contribution in [3.8, 4) is 0 Å². The standard InChI is InChI=1S/C17H21N5O2/c1-12-14(9-19-20-12)17(24)22-8-7-21(15(11-22)16(18)23)10-13-5-3-2-4-6-13/h2-6,9,15H,7-8,10-11H2,1H3,(H2,18,23)(H,19,20)/t15-/m0/s1. The molecular weight excluding hydrogens is 306 g/mol. The van der Waals surface area contributed by atoms with E-state index in [4.69, 9.17) is 5.73 Å². The number of benzene rings is 1. The fourth-order valence-corrected chi connectivity index (χ4v) is 3.02. The number of rotatable bonds is 4. The second kappa shape index (κ2) is 6.84. The molecule has 1 fully saturated rings. The van der Waals surface area contributed by atoms with Crippen LogP contribution in [0.4, 0.5) is 0 Å². The van der Waals surface area contributed by atoms with Crippen molar-refractivity contribution in [2.24, 2.45) is 5.73 Å². The molecule has 1 aliphatic rings. The molecule has 3 rings (SSSR count). The van der Waals surface area contributed by atoms with Gasteiger partial charge in [-0.25, -0.2) is 0 Å². The number of carbonyl (C=O) groups excluding carboxylic acids is 2. The van der Waals surface area contributed by atoms with Gasteiger partial charge in [0, 0.05) is 31.9 Å². The van der Waals surface area contributed by atoms with Crippen LogP contribution in [0.3, 0.4) is 0 Å². The quantitative estimate of drug-likeness (QED) is 0.856. The molecule has 1 aromatic heterocycles. The Morgan fingerprint density at radius 3 is 2.67 bits per heavy atom. The maximum atomic E-state index is 12.6. The molecular formula is C17H21N5O2. The summed E-state index contributed by atoms with van der Waals surface area (Å²) in [6.07, 6.45) is 1.52. The summed E-state index contributed by atoms with van der Waals surface area (Å²) < 4.78 is 0. The average molecular weight is 327 g/mol. The summed E-state index contributed by atoms with van der Waals surface area (Å²) in [7, 11) is 0. The zero-order valence-corrected chi connectivity index (χ0v) is 13.6. The van der Waals surface area contributed by atoms with Gasteiger partial charge in [0.2, 0.25) is 5.91 Å². The lowest BCUT2D eigenvalue weighted by atomic mass is 10.1. The van der Waals surface area contributed by atoms with Crippen LogP contribution in [0.1, 0.15) is 21.6 Å². The van der Waals surface area contributed by atoms with E-state index in [0.29, 0.717) is 31.7 Å². The number of aryl methyl sites for hydroxylation is 1. The summed E-state index contributed by atoms with van der Waals surface area (Å²) in [5, 5.41) is 6.65. The predicted octanol–water partition coefficient (Wildman–Crippen LogP) is 0.530. The Balaban J connectivity index is 1.73. The Morgan fingerprint density at radius 2 is 2.04 bits per heavy atom. The normalized spacial score (nSPS) is 18.5. The lowest BCUT2D eigenvalue weighted by molar-refractivity contribution is -0.125. The molecule has 1 aliphatic heterocycles. The molecule has 3 N–H and O–H groups in total. The number of nitrogens with one attached hydrogen (secondary N) is 1. The van der Waals surface area contributed by atoms with Gasteiger partial charge < -0.3 is 10.6 Å². The van der Waals surface area contributed by atoms with Crippen LogP contribution in [0.15, 0.2) is 36.5 Å². The van der Waals surface area contributed by atoms with E-state index in [1.807, 2.05) is 35.2 Å². The SMILES string of the molecule is Cc1[nH]ncc1C(=O)N1CCN(Cc2ccccc2)[C@H](C(N)=O)C1. The van der Waals surface area contributed by atoms with E-state index in [0.717, 1.165) is 11.3 Å². The van der Waals surface area contributed by atoms with Gasteiger partial charge in [0.05, 0.1) is 11.8 Å². The number of nitrogens with two attached hydrogens (primary N) is 1. The van der Waals surface area contributed by atoms with Gasteiger partial charge in [-0.1, -0.05) is 30.3 Å². The molecule has 7 nitrogen and oxygen atoms in total. The van der Waals surface area contributed by atoms with Crippen molar-refractivity contribution in [1.29, 1.82) is 0 Å². The van der Waals surface area contributed by atoms with Crippen molar-refractivity contribution in [1.82, 2.24) is 20.0 Å². The smallest absolute Gasteiger partial charge is 0.257 e. The lowest BCUT2D eigenvalue weighted by Crippen LogP contribution is -2.58. The van der Waals surface area contributed by atoms with E-state index in [2.05, 4.69) is 10.2 Å². The number of piperazine rings is 1. The molecule has 0 radical (unpaired) electrons. The largest absolute Gasteiger partial charge is 0.368 e. The van der Waals surface area contributed by atoms with Gasteiger partial charge in [-0.2, -0.15) is 5.10 Å². The minimum atomic E-state index is -0.491. The third-order valence-electron chi connectivity index (χ3n) is 4.40. The number of amides is 2. The van der Waals surface area contributed by atoms with Crippen LogP contribution in [0.5, 0.6) is 0 Å². The third kappa shape index (κ3) is 3.30. The third-order valence-corrected chi connectivity index (χ3v) is 4.40. The monoisotopic (exact) mass is 327 g/mol. The van der Waals surface area contributed by atoms with Crippen molar-refractivity contribution in [2.75, 3.05) is 19.6 Å². The summed E-state index contributed by atoms with van der Waals surface area (Å²) in [5.41, 5.74) is 7.97. The van der Waals surface area contributed by atoms with Crippen molar-refractivity contribution in [2.45, 2.75) is 19.5 Å². The second-order valence-corrected chi connectivity index (χ2v) is 6.03. The summed E-state index contributed by atoms with van der Waals surface area (Å²) >= 11 is 0. The molecule has 0 saturated carbocycles. The summed E-state index contributed by atoms with van der Waals surface area (Å²) in [4.78, 5) is 28.2. The number of aromatic amines is 1. The highest BCUT2D eigenvalue weighted by atomic mass is 16.2. The predicted molar refractivity (Wildman–Crippen MR) is 89.1 cm³/mol. The molecule has 1 saturated heterocycles. The molecule has 1 aromatic carbocycles. The van der Waals surface area contributed by atoms with Crippen molar-refractivity contribution in [3.05, 3.63) is 53.3 Å². The maximum Gasteiger partial charge on any atom is 0.257 e. The van der Waals surface area contributed by atoms with Crippen molar-refractivity contribution in [3.63, 3.8) is 0 Å². The number of primary amides is 1. The van der Waals surface area contributed by atoms with Gasteiger partial charge in [-0.05, 0) is 12.5 Å². The molecule has 2 aromatic rings.